The van der Waals surface area contributed by atoms with E-state index in [-0.39, 0.29) is 17.5 Å². The van der Waals surface area contributed by atoms with Gasteiger partial charge >= 0.3 is 6.09 Å². The van der Waals surface area contributed by atoms with Gasteiger partial charge in [-0.2, -0.15) is 0 Å². The Hall–Kier alpha value is -2.37. The van der Waals surface area contributed by atoms with Gasteiger partial charge in [0.05, 0.1) is 0 Å². The van der Waals surface area contributed by atoms with Crippen LogP contribution in [0.3, 0.4) is 0 Å². The van der Waals surface area contributed by atoms with Crippen LogP contribution in [0.2, 0.25) is 0 Å². The standard InChI is InChI=1S/C24H32N2O3/c1-24(2,3)22(26-19-14-13-17-11-7-8-12-18(17)19)21(27)20(29-23(25)28)15-16-9-5-4-6-10-16/h4-12,19-22,26-27H,13-15H2,1-3H3,(H2,25,28)/t19-,20-,21-,22?/m0/s1. The number of aliphatic hydroxyl groups is 1. The van der Waals surface area contributed by atoms with Gasteiger partial charge in [-0.1, -0.05) is 75.4 Å². The van der Waals surface area contributed by atoms with Crippen molar-refractivity contribution in [2.75, 3.05) is 0 Å². The Morgan fingerprint density at radius 2 is 1.83 bits per heavy atom. The fourth-order valence-electron chi connectivity index (χ4n) is 4.25. The van der Waals surface area contributed by atoms with Crippen LogP contribution in [0.25, 0.3) is 0 Å². The molecule has 0 saturated carbocycles. The number of hydrogen-bond donors (Lipinski definition) is 3. The molecule has 5 nitrogen and oxygen atoms in total. The number of carbonyl (C=O) groups excluding carboxylic acids is 1. The highest BCUT2D eigenvalue weighted by Crippen LogP contribution is 2.34. The van der Waals surface area contributed by atoms with Crippen molar-refractivity contribution >= 4 is 6.09 Å². The number of fused-ring (bicyclic) bond motifs is 1. The number of hydrogen-bond acceptors (Lipinski definition) is 4. The van der Waals surface area contributed by atoms with E-state index in [2.05, 4.69) is 50.4 Å². The molecule has 0 saturated heterocycles. The zero-order valence-electron chi connectivity index (χ0n) is 17.5. The molecule has 0 aromatic heterocycles. The third-order valence-electron chi connectivity index (χ3n) is 5.72. The highest BCUT2D eigenvalue weighted by Gasteiger charge is 2.39. The molecule has 4 N–H and O–H groups in total. The third-order valence-corrected chi connectivity index (χ3v) is 5.72. The summed E-state index contributed by atoms with van der Waals surface area (Å²) in [6, 6.07) is 18.0. The molecule has 5 heteroatoms. The molecular formula is C24H32N2O3. The van der Waals surface area contributed by atoms with Gasteiger partial charge in [0.15, 0.2) is 0 Å². The molecule has 0 heterocycles. The van der Waals surface area contributed by atoms with Crippen LogP contribution in [0, 0.1) is 5.41 Å². The lowest BCUT2D eigenvalue weighted by atomic mass is 9.80. The Bertz CT molecular complexity index is 816. The maximum absolute atomic E-state index is 11.6. The molecule has 4 atom stereocenters. The lowest BCUT2D eigenvalue weighted by Crippen LogP contribution is -2.55. The van der Waals surface area contributed by atoms with Gasteiger partial charge in [0, 0.05) is 18.5 Å². The number of aliphatic hydroxyl groups excluding tert-OH is 1. The monoisotopic (exact) mass is 396 g/mol. The van der Waals surface area contributed by atoms with E-state index in [1.807, 2.05) is 30.3 Å². The molecule has 1 amide bonds. The van der Waals surface area contributed by atoms with Crippen molar-refractivity contribution in [1.82, 2.24) is 5.32 Å². The van der Waals surface area contributed by atoms with Crippen molar-refractivity contribution in [2.45, 2.75) is 64.3 Å². The molecule has 3 rings (SSSR count). The van der Waals surface area contributed by atoms with Crippen LogP contribution >= 0.6 is 0 Å². The molecule has 1 aliphatic carbocycles. The number of nitrogens with one attached hydrogen (secondary N) is 1. The minimum absolute atomic E-state index is 0.163. The Kier molecular flexibility index (Phi) is 6.60. The van der Waals surface area contributed by atoms with E-state index in [1.54, 1.807) is 0 Å². The highest BCUT2D eigenvalue weighted by atomic mass is 16.6. The van der Waals surface area contributed by atoms with E-state index in [0.29, 0.717) is 6.42 Å². The third kappa shape index (κ3) is 5.37. The van der Waals surface area contributed by atoms with Crippen LogP contribution in [0.1, 0.15) is 49.9 Å². The van der Waals surface area contributed by atoms with Crippen LogP contribution in [0.15, 0.2) is 54.6 Å². The van der Waals surface area contributed by atoms with Gasteiger partial charge in [-0.15, -0.1) is 0 Å². The molecule has 29 heavy (non-hydrogen) atoms. The van der Waals surface area contributed by atoms with Crippen LogP contribution in [-0.2, 0) is 17.6 Å². The number of benzene rings is 2. The van der Waals surface area contributed by atoms with E-state index in [9.17, 15) is 9.90 Å². The Balaban J connectivity index is 1.83. The van der Waals surface area contributed by atoms with Crippen molar-refractivity contribution < 1.29 is 14.6 Å². The van der Waals surface area contributed by atoms with Gasteiger partial charge < -0.3 is 20.9 Å². The van der Waals surface area contributed by atoms with Crippen molar-refractivity contribution in [3.63, 3.8) is 0 Å². The molecule has 0 spiro atoms. The number of aryl methyl sites for hydroxylation is 1. The summed E-state index contributed by atoms with van der Waals surface area (Å²) in [6.45, 7) is 6.25. The second kappa shape index (κ2) is 8.97. The average Bonchev–Trinajstić information content (AvgIpc) is 3.08. The molecular weight excluding hydrogens is 364 g/mol. The van der Waals surface area contributed by atoms with E-state index < -0.39 is 18.3 Å². The van der Waals surface area contributed by atoms with Gasteiger partial charge in [-0.3, -0.25) is 0 Å². The lowest BCUT2D eigenvalue weighted by molar-refractivity contribution is -0.0379. The minimum Gasteiger partial charge on any atom is -0.443 e. The van der Waals surface area contributed by atoms with Gasteiger partial charge in [0.25, 0.3) is 0 Å². The number of primary amides is 1. The fraction of sp³-hybridized carbons (Fsp3) is 0.458. The van der Waals surface area contributed by atoms with Gasteiger partial charge in [-0.05, 0) is 34.9 Å². The smallest absolute Gasteiger partial charge is 0.404 e. The predicted molar refractivity (Wildman–Crippen MR) is 114 cm³/mol. The molecule has 0 aliphatic heterocycles. The fourth-order valence-corrected chi connectivity index (χ4v) is 4.25. The van der Waals surface area contributed by atoms with Crippen LogP contribution in [-0.4, -0.2) is 29.4 Å². The number of nitrogens with two attached hydrogens (primary N) is 1. The van der Waals surface area contributed by atoms with E-state index in [4.69, 9.17) is 10.5 Å². The second-order valence-electron chi connectivity index (χ2n) is 8.96. The van der Waals surface area contributed by atoms with E-state index in [1.165, 1.54) is 11.1 Å². The van der Waals surface area contributed by atoms with Gasteiger partial charge in [-0.25, -0.2) is 4.79 Å². The number of carbonyl (C=O) groups is 1. The molecule has 1 unspecified atom stereocenters. The predicted octanol–water partition coefficient (Wildman–Crippen LogP) is 3.75. The molecule has 0 radical (unpaired) electrons. The minimum atomic E-state index is -0.907. The van der Waals surface area contributed by atoms with Crippen molar-refractivity contribution in [1.29, 1.82) is 0 Å². The Morgan fingerprint density at radius 3 is 2.48 bits per heavy atom. The summed E-state index contributed by atoms with van der Waals surface area (Å²) < 4.78 is 5.38. The number of amides is 1. The van der Waals surface area contributed by atoms with E-state index >= 15 is 0 Å². The topological polar surface area (TPSA) is 84.6 Å². The Morgan fingerprint density at radius 1 is 1.17 bits per heavy atom. The Labute approximate surface area is 173 Å². The first kappa shape index (κ1) is 21.3. The summed E-state index contributed by atoms with van der Waals surface area (Å²) in [5.41, 5.74) is 8.68. The average molecular weight is 397 g/mol. The molecule has 1 aliphatic rings. The maximum atomic E-state index is 11.6. The molecule has 2 aromatic rings. The van der Waals surface area contributed by atoms with Crippen molar-refractivity contribution in [3.05, 3.63) is 71.3 Å². The SMILES string of the molecule is CC(C)(C)C(N[C@H]1CCc2ccccc21)[C@@H](O)[C@H](Cc1ccccc1)OC(N)=O. The highest BCUT2D eigenvalue weighted by molar-refractivity contribution is 5.64. The summed E-state index contributed by atoms with van der Waals surface area (Å²) >= 11 is 0. The summed E-state index contributed by atoms with van der Waals surface area (Å²) in [5, 5.41) is 15.0. The first-order valence-electron chi connectivity index (χ1n) is 10.3. The summed E-state index contributed by atoms with van der Waals surface area (Å²) in [5.74, 6) is 0. The largest absolute Gasteiger partial charge is 0.443 e. The van der Waals surface area contributed by atoms with Gasteiger partial charge in [0.1, 0.15) is 12.2 Å². The second-order valence-corrected chi connectivity index (χ2v) is 8.96. The number of ether oxygens (including phenoxy) is 1. The van der Waals surface area contributed by atoms with Crippen molar-refractivity contribution in [3.8, 4) is 0 Å². The first-order valence-corrected chi connectivity index (χ1v) is 10.3. The van der Waals surface area contributed by atoms with Crippen LogP contribution in [0.5, 0.6) is 0 Å². The maximum Gasteiger partial charge on any atom is 0.404 e. The summed E-state index contributed by atoms with van der Waals surface area (Å²) in [7, 11) is 0. The summed E-state index contributed by atoms with van der Waals surface area (Å²) in [6.07, 6.45) is -0.104. The van der Waals surface area contributed by atoms with Crippen LogP contribution < -0.4 is 11.1 Å². The molecule has 0 fully saturated rings. The van der Waals surface area contributed by atoms with Crippen molar-refractivity contribution in [2.24, 2.45) is 11.1 Å². The molecule has 0 bridgehead atoms. The zero-order chi connectivity index (χ0) is 21.0. The van der Waals surface area contributed by atoms with Gasteiger partial charge in [0.2, 0.25) is 0 Å². The lowest BCUT2D eigenvalue weighted by Gasteiger charge is -2.40. The molecule has 156 valence electrons. The normalized spacial score (nSPS) is 19.2. The first-order chi connectivity index (χ1) is 13.8. The molecule has 2 aromatic carbocycles. The zero-order valence-corrected chi connectivity index (χ0v) is 17.5. The quantitative estimate of drug-likeness (QED) is 0.665. The van der Waals surface area contributed by atoms with Crippen LogP contribution in [0.4, 0.5) is 4.79 Å². The van der Waals surface area contributed by atoms with E-state index in [0.717, 1.165) is 18.4 Å². The summed E-state index contributed by atoms with van der Waals surface area (Å²) in [4.78, 5) is 11.6. The number of rotatable bonds is 7.